The quantitative estimate of drug-likeness (QED) is 0.228. The smallest absolute Gasteiger partial charge is 0.307 e. The third-order valence-electron chi connectivity index (χ3n) is 4.83. The Bertz CT molecular complexity index is 1350. The van der Waals surface area contributed by atoms with Crippen LogP contribution in [0.15, 0.2) is 76.2 Å². The topological polar surface area (TPSA) is 73.1 Å². The number of carbonyl (C=O) groups is 1. The molecule has 1 heterocycles. The molecule has 1 amide bonds. The molecule has 0 saturated carbocycles. The number of terminal acetylenes is 1. The second kappa shape index (κ2) is 9.94. The first-order valence-electron chi connectivity index (χ1n) is 9.96. The van der Waals surface area contributed by atoms with Gasteiger partial charge >= 0.3 is 5.91 Å². The molecule has 7 heteroatoms. The molecule has 0 aliphatic heterocycles. The summed E-state index contributed by atoms with van der Waals surface area (Å²) in [6, 6.07) is 19.9. The van der Waals surface area contributed by atoms with Crippen molar-refractivity contribution in [2.45, 2.75) is 6.61 Å². The Labute approximate surface area is 195 Å². The number of hydrazone groups is 1. The second-order valence-electron chi connectivity index (χ2n) is 6.97. The molecule has 33 heavy (non-hydrogen) atoms. The van der Waals surface area contributed by atoms with Crippen molar-refractivity contribution in [2.75, 3.05) is 7.11 Å². The molecule has 0 saturated heterocycles. The summed E-state index contributed by atoms with van der Waals surface area (Å²) in [6.45, 7) is 0.234. The van der Waals surface area contributed by atoms with E-state index < -0.39 is 5.91 Å². The highest BCUT2D eigenvalue weighted by molar-refractivity contribution is 6.32. The fraction of sp³-hybridized carbons (Fsp3) is 0.0769. The van der Waals surface area contributed by atoms with Gasteiger partial charge in [-0.25, -0.2) is 5.43 Å². The third-order valence-corrected chi connectivity index (χ3v) is 5.11. The van der Waals surface area contributed by atoms with Gasteiger partial charge in [-0.15, -0.1) is 6.42 Å². The molecule has 1 aromatic heterocycles. The van der Waals surface area contributed by atoms with E-state index in [4.69, 9.17) is 31.9 Å². The van der Waals surface area contributed by atoms with Gasteiger partial charge in [-0.05, 0) is 35.9 Å². The molecule has 164 valence electrons. The molecular formula is C26H19ClN2O4. The molecule has 1 N–H and O–H groups in total. The Hall–Kier alpha value is -4.21. The van der Waals surface area contributed by atoms with Crippen molar-refractivity contribution in [1.29, 1.82) is 0 Å². The van der Waals surface area contributed by atoms with Gasteiger partial charge in [0, 0.05) is 16.5 Å². The number of carbonyl (C=O) groups excluding carboxylic acids is 1. The summed E-state index contributed by atoms with van der Waals surface area (Å²) in [5, 5.41) is 5.16. The van der Waals surface area contributed by atoms with Gasteiger partial charge < -0.3 is 13.9 Å². The lowest BCUT2D eigenvalue weighted by Crippen LogP contribution is -2.16. The Kier molecular flexibility index (Phi) is 6.63. The van der Waals surface area contributed by atoms with Crippen LogP contribution in [0.4, 0.5) is 0 Å². The lowest BCUT2D eigenvalue weighted by atomic mass is 10.1. The highest BCUT2D eigenvalue weighted by atomic mass is 35.5. The Morgan fingerprint density at radius 2 is 1.97 bits per heavy atom. The summed E-state index contributed by atoms with van der Waals surface area (Å²) in [7, 11) is 1.51. The largest absolute Gasteiger partial charge is 0.493 e. The number of benzene rings is 3. The van der Waals surface area contributed by atoms with E-state index in [-0.39, 0.29) is 12.4 Å². The molecule has 0 atom stereocenters. The van der Waals surface area contributed by atoms with Crippen LogP contribution in [0.25, 0.3) is 11.0 Å². The van der Waals surface area contributed by atoms with Crippen LogP contribution in [0, 0.1) is 12.3 Å². The van der Waals surface area contributed by atoms with Crippen molar-refractivity contribution in [1.82, 2.24) is 5.43 Å². The van der Waals surface area contributed by atoms with Crippen molar-refractivity contribution in [3.05, 3.63) is 94.2 Å². The van der Waals surface area contributed by atoms with Gasteiger partial charge in [-0.2, -0.15) is 5.10 Å². The first-order valence-corrected chi connectivity index (χ1v) is 10.3. The minimum absolute atomic E-state index is 0.167. The zero-order valence-electron chi connectivity index (χ0n) is 17.7. The molecule has 3 aromatic carbocycles. The summed E-state index contributed by atoms with van der Waals surface area (Å²) < 4.78 is 16.8. The first-order chi connectivity index (χ1) is 16.1. The van der Waals surface area contributed by atoms with E-state index in [9.17, 15) is 4.79 Å². The Morgan fingerprint density at radius 3 is 2.76 bits per heavy atom. The highest BCUT2D eigenvalue weighted by Gasteiger charge is 2.14. The van der Waals surface area contributed by atoms with Crippen LogP contribution >= 0.6 is 11.6 Å². The van der Waals surface area contributed by atoms with E-state index in [1.807, 2.05) is 42.5 Å². The Morgan fingerprint density at radius 1 is 1.18 bits per heavy atom. The number of halogens is 1. The zero-order valence-corrected chi connectivity index (χ0v) is 18.4. The number of nitrogens with one attached hydrogen (secondary N) is 1. The number of hydrogen-bond acceptors (Lipinski definition) is 5. The van der Waals surface area contributed by atoms with E-state index >= 15 is 0 Å². The molecule has 6 nitrogen and oxygen atoms in total. The molecular weight excluding hydrogens is 440 g/mol. The maximum absolute atomic E-state index is 12.3. The van der Waals surface area contributed by atoms with E-state index in [0.717, 1.165) is 16.5 Å². The normalized spacial score (nSPS) is 10.8. The molecule has 4 rings (SSSR count). The summed E-state index contributed by atoms with van der Waals surface area (Å²) >= 11 is 6.43. The molecule has 0 radical (unpaired) electrons. The Balaban J connectivity index is 1.46. The van der Waals surface area contributed by atoms with Crippen molar-refractivity contribution in [3.8, 4) is 23.8 Å². The third kappa shape index (κ3) is 5.00. The minimum atomic E-state index is -0.465. The van der Waals surface area contributed by atoms with Crippen LogP contribution in [0.3, 0.4) is 0 Å². The standard InChI is InChI=1S/C26H19ClN2O4/c1-3-18-8-4-5-10-20(18)16-32-25-21(27)12-17(13-23(25)31-2)15-28-29-26(30)24-14-19-9-6-7-11-22(19)33-24/h1,4-15H,16H2,2H3,(H,29,30)/b28-15+. The summed E-state index contributed by atoms with van der Waals surface area (Å²) in [5.74, 6) is 3.14. The molecule has 0 unspecified atom stereocenters. The fourth-order valence-corrected chi connectivity index (χ4v) is 3.48. The van der Waals surface area contributed by atoms with E-state index in [0.29, 0.717) is 27.7 Å². The molecule has 4 aromatic rings. The van der Waals surface area contributed by atoms with Gasteiger partial charge in [-0.3, -0.25) is 4.79 Å². The number of fused-ring (bicyclic) bond motifs is 1. The molecule has 0 aliphatic carbocycles. The fourth-order valence-electron chi connectivity index (χ4n) is 3.21. The van der Waals surface area contributed by atoms with Gasteiger partial charge in [-0.1, -0.05) is 53.9 Å². The predicted molar refractivity (Wildman–Crippen MR) is 128 cm³/mol. The maximum atomic E-state index is 12.3. The van der Waals surface area contributed by atoms with Gasteiger partial charge in [0.2, 0.25) is 0 Å². The molecule has 0 fully saturated rings. The number of ether oxygens (including phenoxy) is 2. The van der Waals surface area contributed by atoms with Crippen LogP contribution in [-0.4, -0.2) is 19.2 Å². The summed E-state index contributed by atoms with van der Waals surface area (Å²) in [5.41, 5.74) is 5.28. The van der Waals surface area contributed by atoms with Gasteiger partial charge in [0.1, 0.15) is 12.2 Å². The number of hydrogen-bond donors (Lipinski definition) is 1. The van der Waals surface area contributed by atoms with E-state index in [1.54, 1.807) is 24.3 Å². The number of rotatable bonds is 7. The van der Waals surface area contributed by atoms with Gasteiger partial charge in [0.05, 0.1) is 18.3 Å². The van der Waals surface area contributed by atoms with Crippen LogP contribution in [0.5, 0.6) is 11.5 Å². The average molecular weight is 459 g/mol. The van der Waals surface area contributed by atoms with Crippen LogP contribution in [0.2, 0.25) is 5.02 Å². The van der Waals surface area contributed by atoms with Crippen LogP contribution < -0.4 is 14.9 Å². The second-order valence-corrected chi connectivity index (χ2v) is 7.38. The number of para-hydroxylation sites is 1. The molecule has 0 bridgehead atoms. The van der Waals surface area contributed by atoms with Crippen molar-refractivity contribution < 1.29 is 18.7 Å². The lowest BCUT2D eigenvalue weighted by molar-refractivity contribution is 0.0929. The van der Waals surface area contributed by atoms with Gasteiger partial charge in [0.25, 0.3) is 0 Å². The SMILES string of the molecule is C#Cc1ccccc1COc1c(Cl)cc(/C=N/NC(=O)c2cc3ccccc3o2)cc1OC. The number of amides is 1. The predicted octanol–water partition coefficient (Wildman–Crippen LogP) is 5.42. The molecule has 0 spiro atoms. The van der Waals surface area contributed by atoms with E-state index in [1.165, 1.54) is 13.3 Å². The number of nitrogens with zero attached hydrogens (tertiary/aromatic N) is 1. The maximum Gasteiger partial charge on any atom is 0.307 e. The molecule has 0 aliphatic rings. The minimum Gasteiger partial charge on any atom is -0.493 e. The number of methoxy groups -OCH3 is 1. The monoisotopic (exact) mass is 458 g/mol. The highest BCUT2D eigenvalue weighted by Crippen LogP contribution is 2.36. The lowest BCUT2D eigenvalue weighted by Gasteiger charge is -2.14. The van der Waals surface area contributed by atoms with E-state index in [2.05, 4.69) is 16.4 Å². The summed E-state index contributed by atoms with van der Waals surface area (Å²) in [6.07, 6.45) is 6.99. The van der Waals surface area contributed by atoms with Crippen molar-refractivity contribution >= 4 is 34.7 Å². The van der Waals surface area contributed by atoms with Crippen LogP contribution in [0.1, 0.15) is 27.2 Å². The first kappa shape index (κ1) is 22.0. The zero-order chi connectivity index (χ0) is 23.2. The van der Waals surface area contributed by atoms with Gasteiger partial charge in [0.15, 0.2) is 17.3 Å². The van der Waals surface area contributed by atoms with Crippen molar-refractivity contribution in [2.24, 2.45) is 5.10 Å². The van der Waals surface area contributed by atoms with Crippen molar-refractivity contribution in [3.63, 3.8) is 0 Å². The number of furan rings is 1. The summed E-state index contributed by atoms with van der Waals surface area (Å²) in [4.78, 5) is 12.3. The average Bonchev–Trinajstić information content (AvgIpc) is 3.28. The van der Waals surface area contributed by atoms with Crippen LogP contribution in [-0.2, 0) is 6.61 Å².